The van der Waals surface area contributed by atoms with Gasteiger partial charge in [-0.2, -0.15) is 0 Å². The first-order chi connectivity index (χ1) is 8.75. The lowest BCUT2D eigenvalue weighted by Gasteiger charge is -2.19. The van der Waals surface area contributed by atoms with Gasteiger partial charge in [-0.25, -0.2) is 4.79 Å². The monoisotopic (exact) mass is 257 g/mol. The molecule has 2 aliphatic heterocycles. The maximum absolute atomic E-state index is 11.1. The zero-order valence-electron chi connectivity index (χ0n) is 9.48. The SMILES string of the molecule is O=C(O)N1C=CC=C2SC(c3ccccc3)C=C21. The molecule has 0 aliphatic carbocycles. The number of hydrogen-bond acceptors (Lipinski definition) is 2. The van der Waals surface area contributed by atoms with E-state index in [1.807, 2.05) is 30.4 Å². The summed E-state index contributed by atoms with van der Waals surface area (Å²) in [5.41, 5.74) is 1.96. The van der Waals surface area contributed by atoms with Crippen LogP contribution in [0.4, 0.5) is 4.79 Å². The van der Waals surface area contributed by atoms with E-state index in [4.69, 9.17) is 5.11 Å². The molecule has 18 heavy (non-hydrogen) atoms. The van der Waals surface area contributed by atoms with E-state index in [1.54, 1.807) is 24.0 Å². The molecule has 1 unspecified atom stereocenters. The number of hydrogen-bond donors (Lipinski definition) is 1. The van der Waals surface area contributed by atoms with Gasteiger partial charge in [0.05, 0.1) is 10.9 Å². The summed E-state index contributed by atoms with van der Waals surface area (Å²) in [6, 6.07) is 10.1. The Morgan fingerprint density at radius 1 is 1.28 bits per heavy atom. The first-order valence-corrected chi connectivity index (χ1v) is 6.48. The summed E-state index contributed by atoms with van der Waals surface area (Å²) in [6.07, 6.45) is 6.35. The molecule has 0 saturated heterocycles. The molecule has 1 aromatic rings. The summed E-state index contributed by atoms with van der Waals surface area (Å²) in [4.78, 5) is 13.4. The molecule has 0 aromatic heterocycles. The van der Waals surface area contributed by atoms with E-state index < -0.39 is 6.09 Å². The number of thioether (sulfide) groups is 1. The van der Waals surface area contributed by atoms with Gasteiger partial charge in [-0.15, -0.1) is 11.8 Å². The van der Waals surface area contributed by atoms with Gasteiger partial charge in [-0.1, -0.05) is 30.3 Å². The predicted octanol–water partition coefficient (Wildman–Crippen LogP) is 3.75. The van der Waals surface area contributed by atoms with Crippen LogP contribution in [0.3, 0.4) is 0 Å². The van der Waals surface area contributed by atoms with Crippen molar-refractivity contribution in [1.82, 2.24) is 4.90 Å². The third-order valence-electron chi connectivity index (χ3n) is 2.89. The minimum Gasteiger partial charge on any atom is -0.464 e. The second-order valence-corrected chi connectivity index (χ2v) is 5.21. The molecular formula is C14H11NO2S. The highest BCUT2D eigenvalue weighted by molar-refractivity contribution is 8.04. The summed E-state index contributed by atoms with van der Waals surface area (Å²) in [6.45, 7) is 0. The van der Waals surface area contributed by atoms with Crippen molar-refractivity contribution in [2.45, 2.75) is 5.25 Å². The topological polar surface area (TPSA) is 40.5 Å². The van der Waals surface area contributed by atoms with Crippen LogP contribution in [0.5, 0.6) is 0 Å². The second kappa shape index (κ2) is 4.38. The molecule has 4 heteroatoms. The van der Waals surface area contributed by atoms with Crippen LogP contribution in [0.15, 0.2) is 65.4 Å². The van der Waals surface area contributed by atoms with Gasteiger partial charge in [0.15, 0.2) is 0 Å². The molecule has 0 spiro atoms. The summed E-state index contributed by atoms with van der Waals surface area (Å²) in [5, 5.41) is 9.33. The fourth-order valence-corrected chi connectivity index (χ4v) is 3.26. The Morgan fingerprint density at radius 2 is 2.06 bits per heavy atom. The van der Waals surface area contributed by atoms with Crippen LogP contribution in [0.25, 0.3) is 0 Å². The Bertz CT molecular complexity index is 575. The summed E-state index contributed by atoms with van der Waals surface area (Å²) >= 11 is 1.68. The molecule has 3 rings (SSSR count). The standard InChI is InChI=1S/C14H11NO2S/c16-14(17)15-8-4-7-12-11(15)9-13(18-12)10-5-2-1-3-6-10/h1-9,13H,(H,16,17). The largest absolute Gasteiger partial charge is 0.464 e. The lowest BCUT2D eigenvalue weighted by atomic mass is 10.1. The van der Waals surface area contributed by atoms with Crippen LogP contribution < -0.4 is 0 Å². The molecule has 1 atom stereocenters. The molecular weight excluding hydrogens is 246 g/mol. The molecule has 0 fully saturated rings. The van der Waals surface area contributed by atoms with Crippen LogP contribution in [0, 0.1) is 0 Å². The quantitative estimate of drug-likeness (QED) is 0.833. The second-order valence-electron chi connectivity index (χ2n) is 4.03. The number of fused-ring (bicyclic) bond motifs is 1. The van der Waals surface area contributed by atoms with Gasteiger partial charge in [0.25, 0.3) is 0 Å². The van der Waals surface area contributed by atoms with Gasteiger partial charge in [0, 0.05) is 11.1 Å². The van der Waals surface area contributed by atoms with Crippen LogP contribution in [0.1, 0.15) is 10.8 Å². The first kappa shape index (κ1) is 11.2. The molecule has 1 N–H and O–H groups in total. The zero-order valence-corrected chi connectivity index (χ0v) is 10.3. The van der Waals surface area contributed by atoms with Gasteiger partial charge in [-0.05, 0) is 23.8 Å². The highest BCUT2D eigenvalue weighted by atomic mass is 32.2. The van der Waals surface area contributed by atoms with E-state index in [1.165, 1.54) is 10.5 Å². The van der Waals surface area contributed by atoms with Gasteiger partial charge in [0.2, 0.25) is 0 Å². The number of benzene rings is 1. The number of amides is 1. The van der Waals surface area contributed by atoms with Crippen LogP contribution >= 0.6 is 11.8 Å². The number of rotatable bonds is 1. The third kappa shape index (κ3) is 1.84. The summed E-state index contributed by atoms with van der Waals surface area (Å²) in [5.74, 6) is 0. The van der Waals surface area contributed by atoms with E-state index in [-0.39, 0.29) is 5.25 Å². The van der Waals surface area contributed by atoms with Crippen LogP contribution in [-0.2, 0) is 0 Å². The molecule has 2 heterocycles. The Balaban J connectivity index is 1.95. The minimum atomic E-state index is -0.947. The van der Waals surface area contributed by atoms with Gasteiger partial charge < -0.3 is 5.11 Å². The molecule has 0 saturated carbocycles. The maximum atomic E-state index is 11.1. The Kier molecular flexibility index (Phi) is 2.72. The van der Waals surface area contributed by atoms with E-state index in [9.17, 15) is 4.79 Å². The molecule has 1 amide bonds. The van der Waals surface area contributed by atoms with Crippen molar-refractivity contribution in [2.75, 3.05) is 0 Å². The minimum absolute atomic E-state index is 0.189. The van der Waals surface area contributed by atoms with Crippen molar-refractivity contribution in [3.05, 3.63) is 70.9 Å². The van der Waals surface area contributed by atoms with Gasteiger partial charge >= 0.3 is 6.09 Å². The predicted molar refractivity (Wildman–Crippen MR) is 71.9 cm³/mol. The fraction of sp³-hybridized carbons (Fsp3) is 0.0714. The van der Waals surface area contributed by atoms with E-state index >= 15 is 0 Å². The van der Waals surface area contributed by atoms with Crippen molar-refractivity contribution in [2.24, 2.45) is 0 Å². The average Bonchev–Trinajstić information content (AvgIpc) is 2.83. The smallest absolute Gasteiger partial charge is 0.416 e. The number of carbonyl (C=O) groups is 1. The van der Waals surface area contributed by atoms with E-state index in [0.29, 0.717) is 0 Å². The normalized spacial score (nSPS) is 21.3. The molecule has 90 valence electrons. The summed E-state index contributed by atoms with van der Waals surface area (Å²) in [7, 11) is 0. The molecule has 2 aliphatic rings. The zero-order chi connectivity index (χ0) is 12.5. The Labute approximate surface area is 109 Å². The van der Waals surface area contributed by atoms with Crippen molar-refractivity contribution >= 4 is 17.9 Å². The lowest BCUT2D eigenvalue weighted by Crippen LogP contribution is -2.23. The highest BCUT2D eigenvalue weighted by Crippen LogP contribution is 2.48. The summed E-state index contributed by atoms with van der Waals surface area (Å²) < 4.78 is 0. The lowest BCUT2D eigenvalue weighted by molar-refractivity contribution is 0.173. The van der Waals surface area contributed by atoms with Gasteiger partial charge in [-0.3, -0.25) is 4.90 Å². The highest BCUT2D eigenvalue weighted by Gasteiger charge is 2.29. The van der Waals surface area contributed by atoms with Crippen LogP contribution in [0.2, 0.25) is 0 Å². The van der Waals surface area contributed by atoms with Crippen molar-refractivity contribution in [3.8, 4) is 0 Å². The number of carboxylic acid groups (broad SMARTS) is 1. The molecule has 0 radical (unpaired) electrons. The van der Waals surface area contributed by atoms with Gasteiger partial charge in [0.1, 0.15) is 0 Å². The Morgan fingerprint density at radius 3 is 2.78 bits per heavy atom. The van der Waals surface area contributed by atoms with Crippen molar-refractivity contribution < 1.29 is 9.90 Å². The van der Waals surface area contributed by atoms with Crippen molar-refractivity contribution in [1.29, 1.82) is 0 Å². The van der Waals surface area contributed by atoms with Crippen molar-refractivity contribution in [3.63, 3.8) is 0 Å². The third-order valence-corrected chi connectivity index (χ3v) is 4.15. The molecule has 1 aromatic carbocycles. The number of allylic oxidation sites excluding steroid dienone is 2. The fourth-order valence-electron chi connectivity index (χ4n) is 2.05. The first-order valence-electron chi connectivity index (χ1n) is 5.60. The van der Waals surface area contributed by atoms with E-state index in [2.05, 4.69) is 12.1 Å². The molecule has 3 nitrogen and oxygen atoms in total. The molecule has 0 bridgehead atoms. The Hall–Kier alpha value is -1.94. The van der Waals surface area contributed by atoms with E-state index in [0.717, 1.165) is 10.6 Å². The maximum Gasteiger partial charge on any atom is 0.416 e. The average molecular weight is 257 g/mol. The van der Waals surface area contributed by atoms with Crippen LogP contribution in [-0.4, -0.2) is 16.1 Å². The number of nitrogens with zero attached hydrogens (tertiary/aromatic N) is 1.